The molecule has 0 aromatic heterocycles. The minimum Gasteiger partial charge on any atom is -0.477 e. The molecule has 3 nitrogen and oxygen atoms in total. The standard InChI is InChI=1S/C18H12F25NO2/c1-44(2,5-6(45)46)4-3-7(19,20)8(21,22)9(23,24)10(25,26)11(27,28)12(29,30)13(31,32)14(33,34)15(35,36)16(37,38)17(39,40)18(41,42)43/h3-5H2,1-2H3/p+1. The van der Waals surface area contributed by atoms with Crippen molar-refractivity contribution in [2.24, 2.45) is 0 Å². The van der Waals surface area contributed by atoms with Gasteiger partial charge in [0, 0.05) is 0 Å². The molecule has 0 aliphatic carbocycles. The third-order valence-electron chi connectivity index (χ3n) is 5.96. The fourth-order valence-corrected chi connectivity index (χ4v) is 3.03. The van der Waals surface area contributed by atoms with E-state index in [1.165, 1.54) is 0 Å². The average Bonchev–Trinajstić information content (AvgIpc) is 2.80. The second-order valence-electron chi connectivity index (χ2n) is 9.91. The van der Waals surface area contributed by atoms with Crippen molar-refractivity contribution in [3.63, 3.8) is 0 Å². The van der Waals surface area contributed by atoms with Crippen LogP contribution in [0.2, 0.25) is 0 Å². The first kappa shape index (κ1) is 43.7. The molecule has 276 valence electrons. The molecular formula is C18H13F25NO2+. The quantitative estimate of drug-likeness (QED) is 0.136. The second-order valence-corrected chi connectivity index (χ2v) is 9.91. The van der Waals surface area contributed by atoms with Crippen LogP contribution in [0.1, 0.15) is 6.42 Å². The molecule has 0 aromatic rings. The number of nitrogens with zero attached hydrogens (tertiary/aromatic N) is 1. The Morgan fingerprint density at radius 1 is 0.435 bits per heavy atom. The molecule has 0 amide bonds. The molecule has 0 radical (unpaired) electrons. The van der Waals surface area contributed by atoms with E-state index in [4.69, 9.17) is 5.11 Å². The molecule has 0 atom stereocenters. The number of hydrogen-bond acceptors (Lipinski definition) is 1. The number of carboxylic acid groups (broad SMARTS) is 1. The van der Waals surface area contributed by atoms with Gasteiger partial charge in [0.25, 0.3) is 0 Å². The summed E-state index contributed by atoms with van der Waals surface area (Å²) >= 11 is 0. The van der Waals surface area contributed by atoms with Crippen LogP contribution in [-0.4, -0.2) is 114 Å². The molecule has 46 heavy (non-hydrogen) atoms. The minimum atomic E-state index is -9.63. The Morgan fingerprint density at radius 2 is 0.652 bits per heavy atom. The summed E-state index contributed by atoms with van der Waals surface area (Å²) in [7, 11) is 1.08. The van der Waals surface area contributed by atoms with E-state index in [0.717, 1.165) is 0 Å². The van der Waals surface area contributed by atoms with Gasteiger partial charge in [-0.3, -0.25) is 0 Å². The van der Waals surface area contributed by atoms with Gasteiger partial charge in [0.2, 0.25) is 0 Å². The van der Waals surface area contributed by atoms with Crippen molar-refractivity contribution >= 4 is 5.97 Å². The first-order valence-electron chi connectivity index (χ1n) is 10.6. The zero-order valence-corrected chi connectivity index (χ0v) is 21.4. The van der Waals surface area contributed by atoms with Crippen LogP contribution in [0.4, 0.5) is 110 Å². The summed E-state index contributed by atoms with van der Waals surface area (Å²) in [6, 6.07) is 0. The highest BCUT2D eigenvalue weighted by Gasteiger charge is 2.99. The zero-order chi connectivity index (χ0) is 38.2. The number of rotatable bonds is 15. The SMILES string of the molecule is C[N+](C)(CCC(F)(F)C(F)(F)C(F)(F)C(F)(F)C(F)(F)C(F)(F)C(F)(F)C(F)(F)C(F)(F)C(F)(F)C(F)(F)C(F)(F)F)CC(=O)O. The monoisotopic (exact) mass is 750 g/mol. The molecule has 0 bridgehead atoms. The molecule has 0 rings (SSSR count). The van der Waals surface area contributed by atoms with E-state index in [2.05, 4.69) is 0 Å². The minimum absolute atomic E-state index is 0.538. The molecule has 0 spiro atoms. The van der Waals surface area contributed by atoms with Crippen LogP contribution in [0.15, 0.2) is 0 Å². The van der Waals surface area contributed by atoms with Gasteiger partial charge >= 0.3 is 77.3 Å². The third kappa shape index (κ3) is 5.84. The van der Waals surface area contributed by atoms with E-state index in [-0.39, 0.29) is 0 Å². The molecule has 0 heterocycles. The van der Waals surface area contributed by atoms with Crippen molar-refractivity contribution in [1.29, 1.82) is 0 Å². The third-order valence-corrected chi connectivity index (χ3v) is 5.96. The van der Waals surface area contributed by atoms with Gasteiger partial charge in [-0.15, -0.1) is 0 Å². The molecule has 0 aliphatic heterocycles. The fourth-order valence-electron chi connectivity index (χ4n) is 3.03. The molecule has 0 fully saturated rings. The summed E-state index contributed by atoms with van der Waals surface area (Å²) in [6.07, 6.45) is -11.2. The van der Waals surface area contributed by atoms with Crippen LogP contribution in [0, 0.1) is 0 Å². The lowest BCUT2D eigenvalue weighted by Gasteiger charge is -2.45. The summed E-state index contributed by atoms with van der Waals surface area (Å²) in [5, 5.41) is 8.52. The van der Waals surface area contributed by atoms with Crippen LogP contribution in [0.25, 0.3) is 0 Å². The Balaban J connectivity index is 7.17. The molecular weight excluding hydrogens is 737 g/mol. The highest BCUT2D eigenvalue weighted by Crippen LogP contribution is 2.67. The van der Waals surface area contributed by atoms with Crippen molar-refractivity contribution in [3.05, 3.63) is 0 Å². The smallest absolute Gasteiger partial charge is 0.460 e. The predicted octanol–water partition coefficient (Wildman–Crippen LogP) is 8.09. The molecule has 1 N–H and O–H groups in total. The van der Waals surface area contributed by atoms with E-state index in [9.17, 15) is 115 Å². The predicted molar refractivity (Wildman–Crippen MR) is 94.6 cm³/mol. The van der Waals surface area contributed by atoms with Crippen molar-refractivity contribution in [2.75, 3.05) is 27.2 Å². The molecule has 0 aliphatic rings. The average molecular weight is 750 g/mol. The number of likely N-dealkylation sites (N-methyl/N-ethyl adjacent to an activating group) is 1. The van der Waals surface area contributed by atoms with Gasteiger partial charge < -0.3 is 9.59 Å². The van der Waals surface area contributed by atoms with Gasteiger partial charge in [0.15, 0.2) is 6.54 Å². The van der Waals surface area contributed by atoms with Gasteiger partial charge in [-0.2, -0.15) is 110 Å². The highest BCUT2D eigenvalue weighted by molar-refractivity contribution is 5.67. The number of carboxylic acids is 1. The Hall–Kier alpha value is -2.32. The van der Waals surface area contributed by atoms with Crippen LogP contribution >= 0.6 is 0 Å². The zero-order valence-electron chi connectivity index (χ0n) is 21.4. The Kier molecular flexibility index (Phi) is 10.6. The van der Waals surface area contributed by atoms with E-state index < -0.39 is 101 Å². The van der Waals surface area contributed by atoms with Crippen LogP contribution in [0.5, 0.6) is 0 Å². The summed E-state index contributed by atoms with van der Waals surface area (Å²) in [5.41, 5.74) is 0. The Labute approximate surface area is 236 Å². The lowest BCUT2D eigenvalue weighted by atomic mass is 9.84. The van der Waals surface area contributed by atoms with E-state index in [1.54, 1.807) is 0 Å². The van der Waals surface area contributed by atoms with Gasteiger partial charge in [-0.1, -0.05) is 0 Å². The number of aliphatic carboxylic acids is 1. The molecule has 0 aromatic carbocycles. The van der Waals surface area contributed by atoms with Crippen molar-refractivity contribution in [3.8, 4) is 0 Å². The summed E-state index contributed by atoms with van der Waals surface area (Å²) in [6.45, 7) is -3.18. The number of carbonyl (C=O) groups is 1. The summed E-state index contributed by atoms with van der Waals surface area (Å²) in [5.74, 6) is -101. The van der Waals surface area contributed by atoms with Gasteiger partial charge in [-0.05, 0) is 0 Å². The van der Waals surface area contributed by atoms with Gasteiger partial charge in [-0.25, -0.2) is 4.79 Å². The Morgan fingerprint density at radius 3 is 0.870 bits per heavy atom. The first-order valence-corrected chi connectivity index (χ1v) is 10.6. The maximum Gasteiger partial charge on any atom is 0.460 e. The molecule has 28 heteroatoms. The fraction of sp³-hybridized carbons (Fsp3) is 0.944. The molecule has 0 saturated carbocycles. The van der Waals surface area contributed by atoms with E-state index in [0.29, 0.717) is 14.1 Å². The van der Waals surface area contributed by atoms with Crippen LogP contribution in [-0.2, 0) is 4.79 Å². The molecule has 0 unspecified atom stereocenters. The van der Waals surface area contributed by atoms with E-state index >= 15 is 0 Å². The highest BCUT2D eigenvalue weighted by atomic mass is 19.4. The number of halogens is 25. The number of quaternary nitrogens is 1. The normalized spacial score (nSPS) is 16.6. The van der Waals surface area contributed by atoms with E-state index in [1.807, 2.05) is 0 Å². The summed E-state index contributed by atoms with van der Waals surface area (Å²) in [4.78, 5) is 10.6. The van der Waals surface area contributed by atoms with Crippen molar-refractivity contribution in [2.45, 2.75) is 77.7 Å². The van der Waals surface area contributed by atoms with Crippen LogP contribution < -0.4 is 0 Å². The first-order chi connectivity index (χ1) is 19.4. The maximum atomic E-state index is 13.9. The van der Waals surface area contributed by atoms with Crippen LogP contribution in [0.3, 0.4) is 0 Å². The largest absolute Gasteiger partial charge is 0.477 e. The lowest BCUT2D eigenvalue weighted by Crippen LogP contribution is -2.78. The number of alkyl halides is 25. The maximum absolute atomic E-state index is 13.9. The Bertz CT molecular complexity index is 1120. The van der Waals surface area contributed by atoms with Gasteiger partial charge in [0.05, 0.1) is 27.1 Å². The second kappa shape index (κ2) is 11.1. The lowest BCUT2D eigenvalue weighted by molar-refractivity contribution is -0.884. The molecule has 0 saturated heterocycles. The topological polar surface area (TPSA) is 37.3 Å². The summed E-state index contributed by atoms with van der Waals surface area (Å²) < 4.78 is 335. The number of hydrogen-bond donors (Lipinski definition) is 1. The van der Waals surface area contributed by atoms with Crippen molar-refractivity contribution < 1.29 is 124 Å². The van der Waals surface area contributed by atoms with Crippen molar-refractivity contribution in [1.82, 2.24) is 0 Å². The van der Waals surface area contributed by atoms with Gasteiger partial charge in [0.1, 0.15) is 0 Å².